The third kappa shape index (κ3) is 4.54. The Labute approximate surface area is 136 Å². The van der Waals surface area contributed by atoms with Gasteiger partial charge >= 0.3 is 0 Å². The van der Waals surface area contributed by atoms with Crippen LogP contribution in [-0.4, -0.2) is 12.1 Å². The van der Waals surface area contributed by atoms with Crippen molar-refractivity contribution in [3.8, 4) is 0 Å². The molecular weight excluding hydrogens is 268 g/mol. The SMILES string of the molecule is C1=C/CC(C2CCCC2)/N=N/C(C2CCCC2)C/C=C/CC/1. The maximum atomic E-state index is 4.91. The molecule has 0 radical (unpaired) electrons. The molecule has 2 aliphatic carbocycles. The molecule has 0 spiro atoms. The van der Waals surface area contributed by atoms with Crippen molar-refractivity contribution in [3.63, 3.8) is 0 Å². The topological polar surface area (TPSA) is 24.7 Å². The van der Waals surface area contributed by atoms with E-state index in [0.29, 0.717) is 12.1 Å². The van der Waals surface area contributed by atoms with Crippen LogP contribution in [0.2, 0.25) is 0 Å². The van der Waals surface area contributed by atoms with Gasteiger partial charge in [0.25, 0.3) is 0 Å². The second-order valence-corrected chi connectivity index (χ2v) is 7.45. The van der Waals surface area contributed by atoms with Crippen molar-refractivity contribution < 1.29 is 0 Å². The predicted molar refractivity (Wildman–Crippen MR) is 93.1 cm³/mol. The van der Waals surface area contributed by atoms with Gasteiger partial charge in [0.2, 0.25) is 0 Å². The minimum absolute atomic E-state index is 0.450. The fourth-order valence-electron chi connectivity index (χ4n) is 4.42. The minimum atomic E-state index is 0.450. The summed E-state index contributed by atoms with van der Waals surface area (Å²) in [5.41, 5.74) is 0. The first-order valence-electron chi connectivity index (χ1n) is 9.63. The molecule has 0 aromatic rings. The molecule has 22 heavy (non-hydrogen) atoms. The van der Waals surface area contributed by atoms with Crippen LogP contribution in [0.15, 0.2) is 34.5 Å². The number of hydrogen-bond donors (Lipinski definition) is 0. The lowest BCUT2D eigenvalue weighted by Gasteiger charge is -2.21. The number of allylic oxidation sites excluding steroid dienone is 2. The van der Waals surface area contributed by atoms with E-state index in [1.165, 1.54) is 64.2 Å². The molecule has 2 fully saturated rings. The summed E-state index contributed by atoms with van der Waals surface area (Å²) < 4.78 is 0. The number of rotatable bonds is 2. The minimum Gasteiger partial charge on any atom is -0.190 e. The third-order valence-electron chi connectivity index (χ3n) is 5.84. The van der Waals surface area contributed by atoms with Crippen LogP contribution in [-0.2, 0) is 0 Å². The van der Waals surface area contributed by atoms with Crippen LogP contribution < -0.4 is 0 Å². The first kappa shape index (κ1) is 16.0. The smallest absolute Gasteiger partial charge is 0.0770 e. The van der Waals surface area contributed by atoms with Crippen molar-refractivity contribution in [1.29, 1.82) is 0 Å². The molecule has 122 valence electrons. The monoisotopic (exact) mass is 300 g/mol. The molecule has 3 rings (SSSR count). The predicted octanol–water partition coefficient (Wildman–Crippen LogP) is 6.24. The summed E-state index contributed by atoms with van der Waals surface area (Å²) >= 11 is 0. The van der Waals surface area contributed by atoms with Gasteiger partial charge in [0.05, 0.1) is 12.1 Å². The summed E-state index contributed by atoms with van der Waals surface area (Å²) in [7, 11) is 0. The second kappa shape index (κ2) is 8.64. The van der Waals surface area contributed by atoms with E-state index in [1.54, 1.807) is 0 Å². The molecular formula is C20H32N2. The zero-order valence-electron chi connectivity index (χ0n) is 14.0. The highest BCUT2D eigenvalue weighted by atomic mass is 15.1. The largest absolute Gasteiger partial charge is 0.190 e. The summed E-state index contributed by atoms with van der Waals surface area (Å²) in [6.07, 6.45) is 25.0. The van der Waals surface area contributed by atoms with Gasteiger partial charge in [-0.25, -0.2) is 0 Å². The van der Waals surface area contributed by atoms with Gasteiger partial charge in [-0.05, 0) is 63.2 Å². The van der Waals surface area contributed by atoms with Gasteiger partial charge in [0.15, 0.2) is 0 Å². The molecule has 2 nitrogen and oxygen atoms in total. The lowest BCUT2D eigenvalue weighted by Crippen LogP contribution is -2.18. The van der Waals surface area contributed by atoms with E-state index in [1.807, 2.05) is 0 Å². The molecule has 2 saturated carbocycles. The molecule has 0 saturated heterocycles. The number of azo groups is 1. The second-order valence-electron chi connectivity index (χ2n) is 7.45. The highest BCUT2D eigenvalue weighted by Crippen LogP contribution is 2.34. The van der Waals surface area contributed by atoms with Gasteiger partial charge in [0, 0.05) is 0 Å². The molecule has 1 aliphatic heterocycles. The van der Waals surface area contributed by atoms with Crippen molar-refractivity contribution in [2.45, 2.75) is 89.1 Å². The normalized spacial score (nSPS) is 36.5. The standard InChI is InChI=1S/C20H32N2/c1-2-4-6-16-20(18-13-9-10-14-18)22-21-19(15-5-3-1)17-11-7-8-12-17/h3-6,17-20H,1-2,7-16H2/b5-3+,6-4+,22-21+. The van der Waals surface area contributed by atoms with E-state index in [0.717, 1.165) is 24.7 Å². The number of hydrogen-bond acceptors (Lipinski definition) is 2. The Hall–Kier alpha value is -0.920. The Morgan fingerprint density at radius 2 is 0.955 bits per heavy atom. The van der Waals surface area contributed by atoms with Gasteiger partial charge < -0.3 is 0 Å². The number of nitrogens with zero attached hydrogens (tertiary/aromatic N) is 2. The van der Waals surface area contributed by atoms with Crippen LogP contribution >= 0.6 is 0 Å². The van der Waals surface area contributed by atoms with E-state index in [2.05, 4.69) is 24.3 Å². The molecule has 0 aromatic carbocycles. The van der Waals surface area contributed by atoms with Crippen molar-refractivity contribution in [2.75, 3.05) is 0 Å². The summed E-state index contributed by atoms with van der Waals surface area (Å²) in [5, 5.41) is 9.81. The van der Waals surface area contributed by atoms with E-state index in [-0.39, 0.29) is 0 Å². The average Bonchev–Trinajstić information content (AvgIpc) is 3.21. The zero-order chi connectivity index (χ0) is 15.0. The van der Waals surface area contributed by atoms with E-state index in [4.69, 9.17) is 10.2 Å². The summed E-state index contributed by atoms with van der Waals surface area (Å²) in [6.45, 7) is 0. The van der Waals surface area contributed by atoms with E-state index < -0.39 is 0 Å². The van der Waals surface area contributed by atoms with E-state index >= 15 is 0 Å². The van der Waals surface area contributed by atoms with Crippen molar-refractivity contribution >= 4 is 0 Å². The quantitative estimate of drug-likeness (QED) is 0.539. The molecule has 0 N–H and O–H groups in total. The van der Waals surface area contributed by atoms with Crippen molar-refractivity contribution in [2.24, 2.45) is 22.1 Å². The highest BCUT2D eigenvalue weighted by Gasteiger charge is 2.27. The Kier molecular flexibility index (Phi) is 6.27. The summed E-state index contributed by atoms with van der Waals surface area (Å²) in [4.78, 5) is 0. The van der Waals surface area contributed by atoms with Gasteiger partial charge in [0.1, 0.15) is 0 Å². The molecule has 2 unspecified atom stereocenters. The lowest BCUT2D eigenvalue weighted by molar-refractivity contribution is 0.377. The van der Waals surface area contributed by atoms with Gasteiger partial charge in [-0.15, -0.1) is 0 Å². The fourth-order valence-corrected chi connectivity index (χ4v) is 4.42. The van der Waals surface area contributed by atoms with Crippen LogP contribution in [0, 0.1) is 11.8 Å². The van der Waals surface area contributed by atoms with Crippen LogP contribution in [0.25, 0.3) is 0 Å². The Morgan fingerprint density at radius 1 is 0.545 bits per heavy atom. The maximum absolute atomic E-state index is 4.91. The van der Waals surface area contributed by atoms with Gasteiger partial charge in [-0.2, -0.15) is 10.2 Å². The highest BCUT2D eigenvalue weighted by molar-refractivity contribution is 4.95. The molecule has 0 amide bonds. The molecule has 2 heteroatoms. The van der Waals surface area contributed by atoms with Gasteiger partial charge in [-0.1, -0.05) is 50.0 Å². The van der Waals surface area contributed by atoms with Crippen LogP contribution in [0.5, 0.6) is 0 Å². The molecule has 3 aliphatic rings. The molecule has 0 bridgehead atoms. The zero-order valence-corrected chi connectivity index (χ0v) is 14.0. The first-order valence-corrected chi connectivity index (χ1v) is 9.63. The average molecular weight is 300 g/mol. The molecule has 0 aromatic heterocycles. The molecule has 1 heterocycles. The van der Waals surface area contributed by atoms with Crippen LogP contribution in [0.3, 0.4) is 0 Å². The summed E-state index contributed by atoms with van der Waals surface area (Å²) in [6, 6.07) is 0.900. The Balaban J connectivity index is 1.71. The van der Waals surface area contributed by atoms with E-state index in [9.17, 15) is 0 Å². The Bertz CT molecular complexity index is 360. The summed E-state index contributed by atoms with van der Waals surface area (Å²) in [5.74, 6) is 1.58. The third-order valence-corrected chi connectivity index (χ3v) is 5.84. The van der Waals surface area contributed by atoms with Gasteiger partial charge in [-0.3, -0.25) is 0 Å². The van der Waals surface area contributed by atoms with Crippen LogP contribution in [0.1, 0.15) is 77.0 Å². The first-order chi connectivity index (χ1) is 10.9. The lowest BCUT2D eigenvalue weighted by atomic mass is 9.94. The van der Waals surface area contributed by atoms with Crippen LogP contribution in [0.4, 0.5) is 0 Å². The molecule has 2 atom stereocenters. The van der Waals surface area contributed by atoms with Crippen molar-refractivity contribution in [3.05, 3.63) is 24.3 Å². The van der Waals surface area contributed by atoms with Crippen molar-refractivity contribution in [1.82, 2.24) is 0 Å². The Morgan fingerprint density at radius 3 is 1.36 bits per heavy atom. The fraction of sp³-hybridized carbons (Fsp3) is 0.800. The maximum Gasteiger partial charge on any atom is 0.0770 e.